The second kappa shape index (κ2) is 10.3. The van der Waals surface area contributed by atoms with Gasteiger partial charge in [0.2, 0.25) is 5.82 Å². The first-order valence-corrected chi connectivity index (χ1v) is 11.0. The molecule has 34 heavy (non-hydrogen) atoms. The van der Waals surface area contributed by atoms with Crippen molar-refractivity contribution in [3.63, 3.8) is 0 Å². The van der Waals surface area contributed by atoms with E-state index in [1.165, 1.54) is 31.4 Å². The zero-order valence-corrected chi connectivity index (χ0v) is 19.8. The second-order valence-corrected chi connectivity index (χ2v) is 8.09. The molecule has 10 heteroatoms. The molecule has 0 saturated heterocycles. The fourth-order valence-electron chi connectivity index (χ4n) is 3.89. The van der Waals surface area contributed by atoms with Crippen molar-refractivity contribution in [3.05, 3.63) is 71.3 Å². The number of thiocarbonyl (C=S) groups is 1. The highest BCUT2D eigenvalue weighted by Crippen LogP contribution is 2.37. The summed E-state index contributed by atoms with van der Waals surface area (Å²) in [7, 11) is 3.04. The zero-order valence-electron chi connectivity index (χ0n) is 19.0. The van der Waals surface area contributed by atoms with Crippen LogP contribution in [-0.2, 0) is 4.74 Å². The van der Waals surface area contributed by atoms with Crippen molar-refractivity contribution < 1.29 is 22.8 Å². The van der Waals surface area contributed by atoms with E-state index in [4.69, 9.17) is 26.2 Å². The Balaban J connectivity index is 1.77. The molecule has 0 aliphatic carbocycles. The minimum absolute atomic E-state index is 0.119. The second-order valence-electron chi connectivity index (χ2n) is 7.71. The molecule has 1 aliphatic heterocycles. The number of rotatable bonds is 8. The monoisotopic (exact) mass is 486 g/mol. The number of benzene rings is 2. The van der Waals surface area contributed by atoms with Gasteiger partial charge in [-0.05, 0) is 61.5 Å². The summed E-state index contributed by atoms with van der Waals surface area (Å²) in [6.45, 7) is 3.08. The molecule has 7 nitrogen and oxygen atoms in total. The zero-order chi connectivity index (χ0) is 24.2. The van der Waals surface area contributed by atoms with Crippen molar-refractivity contribution in [2.75, 3.05) is 27.4 Å². The maximum atomic E-state index is 14.2. The van der Waals surface area contributed by atoms with Gasteiger partial charge in [0.1, 0.15) is 5.82 Å². The van der Waals surface area contributed by atoms with E-state index in [1.807, 2.05) is 11.8 Å². The Bertz CT molecular complexity index is 1230. The molecule has 0 bridgehead atoms. The van der Waals surface area contributed by atoms with E-state index >= 15 is 0 Å². The van der Waals surface area contributed by atoms with Gasteiger partial charge in [0.05, 0.1) is 18.7 Å². The minimum Gasteiger partial charge on any atom is -0.494 e. The quantitative estimate of drug-likeness (QED) is 0.362. The van der Waals surface area contributed by atoms with E-state index in [0.717, 1.165) is 12.1 Å². The van der Waals surface area contributed by atoms with Gasteiger partial charge < -0.3 is 24.2 Å². The van der Waals surface area contributed by atoms with Gasteiger partial charge in [0.25, 0.3) is 5.89 Å². The number of nitrogens with one attached hydrogen (secondary N) is 1. The van der Waals surface area contributed by atoms with E-state index in [0.29, 0.717) is 35.0 Å². The maximum Gasteiger partial charge on any atom is 0.258 e. The van der Waals surface area contributed by atoms with Crippen LogP contribution < -0.4 is 10.1 Å². The smallest absolute Gasteiger partial charge is 0.258 e. The topological polar surface area (TPSA) is 72.7 Å². The molecule has 2 aromatic carbocycles. The average molecular weight is 487 g/mol. The Morgan fingerprint density at radius 1 is 1.18 bits per heavy atom. The van der Waals surface area contributed by atoms with Crippen LogP contribution in [0.15, 0.2) is 52.7 Å². The lowest BCUT2D eigenvalue weighted by Crippen LogP contribution is -2.46. The van der Waals surface area contributed by atoms with Crippen LogP contribution in [0.4, 0.5) is 8.78 Å². The number of halogens is 2. The van der Waals surface area contributed by atoms with Crippen molar-refractivity contribution in [2.45, 2.75) is 19.4 Å². The summed E-state index contributed by atoms with van der Waals surface area (Å²) in [5, 5.41) is 7.84. The highest BCUT2D eigenvalue weighted by Gasteiger charge is 2.34. The van der Waals surface area contributed by atoms with Crippen LogP contribution in [0.3, 0.4) is 0 Å². The molecule has 0 amide bonds. The van der Waals surface area contributed by atoms with E-state index in [-0.39, 0.29) is 23.3 Å². The van der Waals surface area contributed by atoms with Crippen LogP contribution >= 0.6 is 12.2 Å². The van der Waals surface area contributed by atoms with Crippen molar-refractivity contribution in [3.8, 4) is 17.1 Å². The summed E-state index contributed by atoms with van der Waals surface area (Å²) < 4.78 is 44.0. The number of nitrogens with zero attached hydrogens (tertiary/aromatic N) is 3. The third kappa shape index (κ3) is 4.78. The predicted molar refractivity (Wildman–Crippen MR) is 127 cm³/mol. The molecule has 178 valence electrons. The Morgan fingerprint density at radius 2 is 2.00 bits per heavy atom. The van der Waals surface area contributed by atoms with Crippen molar-refractivity contribution >= 4 is 22.9 Å². The number of hydrogen-bond donors (Lipinski definition) is 1. The van der Waals surface area contributed by atoms with Gasteiger partial charge in [-0.1, -0.05) is 17.3 Å². The van der Waals surface area contributed by atoms with E-state index < -0.39 is 11.9 Å². The number of allylic oxidation sites excluding steroid dienone is 1. The Hall–Kier alpha value is -3.37. The van der Waals surface area contributed by atoms with Gasteiger partial charge in [0, 0.05) is 31.5 Å². The van der Waals surface area contributed by atoms with Crippen LogP contribution in [0.5, 0.6) is 5.75 Å². The summed E-state index contributed by atoms with van der Waals surface area (Å²) in [6, 6.07) is 10.2. The van der Waals surface area contributed by atoms with Crippen molar-refractivity contribution in [1.29, 1.82) is 0 Å². The molecule has 2 heterocycles. The lowest BCUT2D eigenvalue weighted by molar-refractivity contribution is 0.188. The molecule has 3 aromatic rings. The van der Waals surface area contributed by atoms with Gasteiger partial charge in [-0.15, -0.1) is 0 Å². The van der Waals surface area contributed by atoms with Crippen molar-refractivity contribution in [1.82, 2.24) is 20.4 Å². The fourth-order valence-corrected chi connectivity index (χ4v) is 4.23. The van der Waals surface area contributed by atoms with Crippen LogP contribution in [0, 0.1) is 11.6 Å². The molecule has 0 fully saturated rings. The molecule has 4 rings (SSSR count). The predicted octanol–water partition coefficient (Wildman–Crippen LogP) is 4.72. The van der Waals surface area contributed by atoms with Crippen LogP contribution in [0.1, 0.15) is 30.8 Å². The number of methoxy groups -OCH3 is 2. The van der Waals surface area contributed by atoms with Crippen LogP contribution in [0.25, 0.3) is 17.0 Å². The molecular weight excluding hydrogens is 462 g/mol. The normalized spacial score (nSPS) is 16.1. The molecule has 0 radical (unpaired) electrons. The Kier molecular flexibility index (Phi) is 7.18. The number of hydrogen-bond acceptors (Lipinski definition) is 6. The SMILES string of the molecule is COCCCN1C(=S)NC(c2cccc(F)c2)C(c2nc(-c3ccc(OC)c(F)c3)no2)=C1C. The molecule has 1 N–H and O–H groups in total. The standard InChI is InChI=1S/C24H24F2N4O3S/c1-14-20(23-28-22(29-33-23)16-8-9-19(32-3)18(26)13-16)21(15-6-4-7-17(25)12-15)27-24(34)30(14)10-5-11-31-2/h4,6-9,12-13,21H,5,10-11H2,1-3H3,(H,27,34). The fraction of sp³-hybridized carbons (Fsp3) is 0.292. The summed E-state index contributed by atoms with van der Waals surface area (Å²) in [6.07, 6.45) is 0.744. The van der Waals surface area contributed by atoms with E-state index in [2.05, 4.69) is 15.5 Å². The largest absolute Gasteiger partial charge is 0.494 e. The first-order valence-electron chi connectivity index (χ1n) is 10.6. The summed E-state index contributed by atoms with van der Waals surface area (Å²) >= 11 is 5.61. The third-order valence-electron chi connectivity index (χ3n) is 5.57. The van der Waals surface area contributed by atoms with Gasteiger partial charge in [-0.25, -0.2) is 8.78 Å². The lowest BCUT2D eigenvalue weighted by atomic mass is 9.94. The third-order valence-corrected chi connectivity index (χ3v) is 5.91. The molecule has 0 saturated carbocycles. The summed E-state index contributed by atoms with van der Waals surface area (Å²) in [4.78, 5) is 6.46. The van der Waals surface area contributed by atoms with Crippen LogP contribution in [0.2, 0.25) is 0 Å². The van der Waals surface area contributed by atoms with Gasteiger partial charge >= 0.3 is 0 Å². The Morgan fingerprint density at radius 3 is 2.71 bits per heavy atom. The molecule has 1 aliphatic rings. The molecule has 1 unspecified atom stereocenters. The molecule has 1 atom stereocenters. The first-order chi connectivity index (χ1) is 16.4. The Labute approximate surface area is 201 Å². The summed E-state index contributed by atoms with van der Waals surface area (Å²) in [5.41, 5.74) is 2.54. The molecule has 1 aromatic heterocycles. The van der Waals surface area contributed by atoms with Gasteiger partial charge in [0.15, 0.2) is 16.7 Å². The van der Waals surface area contributed by atoms with Crippen molar-refractivity contribution in [2.24, 2.45) is 0 Å². The summed E-state index contributed by atoms with van der Waals surface area (Å²) in [5.74, 6) is -0.342. The highest BCUT2D eigenvalue weighted by molar-refractivity contribution is 7.80. The molecule has 0 spiro atoms. The number of ether oxygens (including phenoxy) is 2. The van der Waals surface area contributed by atoms with E-state index in [9.17, 15) is 8.78 Å². The first kappa shape index (κ1) is 23.8. The lowest BCUT2D eigenvalue weighted by Gasteiger charge is -2.37. The maximum absolute atomic E-state index is 14.2. The minimum atomic E-state index is -0.534. The van der Waals surface area contributed by atoms with Crippen LogP contribution in [-0.4, -0.2) is 47.5 Å². The van der Waals surface area contributed by atoms with Gasteiger partial charge in [-0.2, -0.15) is 4.98 Å². The molecular formula is C24H24F2N4O3S. The van der Waals surface area contributed by atoms with Gasteiger partial charge in [-0.3, -0.25) is 0 Å². The average Bonchev–Trinajstić information content (AvgIpc) is 3.30. The van der Waals surface area contributed by atoms with E-state index in [1.54, 1.807) is 25.3 Å². The highest BCUT2D eigenvalue weighted by atomic mass is 32.1. The number of aromatic nitrogens is 2.